The van der Waals surface area contributed by atoms with Crippen molar-refractivity contribution in [2.75, 3.05) is 20.7 Å². The van der Waals surface area contributed by atoms with Gasteiger partial charge in [0.05, 0.1) is 35.1 Å². The van der Waals surface area contributed by atoms with Crippen LogP contribution in [0.25, 0.3) is 17.1 Å². The maximum Gasteiger partial charge on any atom is 0.170 e. The Balaban J connectivity index is 2.02. The third-order valence-corrected chi connectivity index (χ3v) is 7.52. The van der Waals surface area contributed by atoms with Gasteiger partial charge in [-0.25, -0.2) is 4.98 Å². The number of aldehydes is 2. The van der Waals surface area contributed by atoms with Gasteiger partial charge in [-0.1, -0.05) is 48.3 Å². The molecule has 38 heavy (non-hydrogen) atoms. The fourth-order valence-corrected chi connectivity index (χ4v) is 5.23. The lowest BCUT2D eigenvalue weighted by Gasteiger charge is -2.37. The topological polar surface area (TPSA) is 76.5 Å². The van der Waals surface area contributed by atoms with Crippen LogP contribution < -0.4 is 10.1 Å². The summed E-state index contributed by atoms with van der Waals surface area (Å²) in [6, 6.07) is 7.08. The van der Waals surface area contributed by atoms with E-state index in [0.29, 0.717) is 40.0 Å². The van der Waals surface area contributed by atoms with E-state index in [0.717, 1.165) is 35.2 Å². The van der Waals surface area contributed by atoms with Gasteiger partial charge in [0.2, 0.25) is 0 Å². The Labute approximate surface area is 232 Å². The number of hydrogen-bond acceptors (Lipinski definition) is 6. The van der Waals surface area contributed by atoms with Crippen LogP contribution in [0.2, 0.25) is 0 Å². The van der Waals surface area contributed by atoms with E-state index in [1.165, 1.54) is 0 Å². The molecular formula is C29H30Cl2N4O3. The summed E-state index contributed by atoms with van der Waals surface area (Å²) in [5, 5.41) is 4.30. The van der Waals surface area contributed by atoms with E-state index in [9.17, 15) is 9.59 Å². The molecule has 0 bridgehead atoms. The van der Waals surface area contributed by atoms with E-state index in [1.54, 1.807) is 13.2 Å². The van der Waals surface area contributed by atoms with Gasteiger partial charge < -0.3 is 15.0 Å². The van der Waals surface area contributed by atoms with Crippen LogP contribution in [0, 0.1) is 5.92 Å². The van der Waals surface area contributed by atoms with Gasteiger partial charge >= 0.3 is 0 Å². The van der Waals surface area contributed by atoms with Gasteiger partial charge in [0.1, 0.15) is 17.3 Å². The number of benzene rings is 1. The molecule has 2 atom stereocenters. The second kappa shape index (κ2) is 11.5. The lowest BCUT2D eigenvalue weighted by molar-refractivity contribution is -0.104. The molecule has 0 spiro atoms. The van der Waals surface area contributed by atoms with Crippen molar-refractivity contribution in [2.24, 2.45) is 5.92 Å². The summed E-state index contributed by atoms with van der Waals surface area (Å²) in [5.74, 6) is 1.15. The molecule has 198 valence electrons. The maximum atomic E-state index is 12.4. The average Bonchev–Trinajstić information content (AvgIpc) is 3.32. The molecule has 1 aromatic carbocycles. The third kappa shape index (κ3) is 4.96. The number of aromatic nitrogens is 2. The summed E-state index contributed by atoms with van der Waals surface area (Å²) < 4.78 is 7.64. The molecule has 2 aromatic rings. The second-order valence-electron chi connectivity index (χ2n) is 9.14. The third-order valence-electron chi connectivity index (χ3n) is 6.87. The number of carbonyl (C=O) groups excluding carboxylic acids is 2. The van der Waals surface area contributed by atoms with Crippen molar-refractivity contribution >= 4 is 41.5 Å². The molecule has 0 saturated carbocycles. The first-order chi connectivity index (χ1) is 18.2. The molecule has 2 unspecified atom stereocenters. The Morgan fingerprint density at radius 1 is 1.26 bits per heavy atom. The Morgan fingerprint density at radius 3 is 2.66 bits per heavy atom. The standard InChI is InChI=1S/C29H30Cl2N4O3/c1-6-34(4)14-20(13-19(30)15-36)32-27-22-11-12-23(31)17(2)26(22)18(3)35-28(27)24(16-37)33-29(35)21-9-7-8-10-25(21)38-5/h7-17,27,32H,6H2,1-5H3/b19-13+,20-14+. The van der Waals surface area contributed by atoms with Gasteiger partial charge in [-0.05, 0) is 49.3 Å². The zero-order valence-electron chi connectivity index (χ0n) is 22.0. The van der Waals surface area contributed by atoms with Gasteiger partial charge in [0, 0.05) is 36.4 Å². The molecule has 0 radical (unpaired) electrons. The molecule has 0 saturated heterocycles. The predicted octanol–water partition coefficient (Wildman–Crippen LogP) is 6.06. The second-order valence-corrected chi connectivity index (χ2v) is 10.0. The number of ether oxygens (including phenoxy) is 1. The average molecular weight is 553 g/mol. The van der Waals surface area contributed by atoms with E-state index in [-0.39, 0.29) is 11.0 Å². The van der Waals surface area contributed by atoms with Crippen molar-refractivity contribution in [1.29, 1.82) is 0 Å². The van der Waals surface area contributed by atoms with Crippen LogP contribution in [0.1, 0.15) is 43.0 Å². The number of rotatable bonds is 9. The predicted molar refractivity (Wildman–Crippen MR) is 152 cm³/mol. The summed E-state index contributed by atoms with van der Waals surface area (Å²) in [4.78, 5) is 30.6. The van der Waals surface area contributed by atoms with Gasteiger partial charge in [0.25, 0.3) is 0 Å². The minimum Gasteiger partial charge on any atom is -0.496 e. The van der Waals surface area contributed by atoms with Crippen molar-refractivity contribution in [3.05, 3.63) is 87.0 Å². The summed E-state index contributed by atoms with van der Waals surface area (Å²) >= 11 is 12.8. The van der Waals surface area contributed by atoms with Crippen molar-refractivity contribution in [3.63, 3.8) is 0 Å². The van der Waals surface area contributed by atoms with Gasteiger partial charge in [-0.2, -0.15) is 0 Å². The number of allylic oxidation sites excluding steroid dienone is 6. The highest BCUT2D eigenvalue weighted by atomic mass is 35.5. The van der Waals surface area contributed by atoms with Crippen LogP contribution in [0.5, 0.6) is 5.75 Å². The van der Waals surface area contributed by atoms with Crippen LogP contribution in [-0.4, -0.2) is 47.7 Å². The fourth-order valence-electron chi connectivity index (χ4n) is 4.94. The smallest absolute Gasteiger partial charge is 0.170 e. The van der Waals surface area contributed by atoms with E-state index in [4.69, 9.17) is 32.9 Å². The Kier molecular flexibility index (Phi) is 8.29. The molecular weight excluding hydrogens is 523 g/mol. The Bertz CT molecular complexity index is 1430. The number of methoxy groups -OCH3 is 1. The highest BCUT2D eigenvalue weighted by molar-refractivity contribution is 6.38. The summed E-state index contributed by atoms with van der Waals surface area (Å²) in [7, 11) is 3.53. The Morgan fingerprint density at radius 2 is 2.00 bits per heavy atom. The van der Waals surface area contributed by atoms with Crippen LogP contribution in [0.15, 0.2) is 75.6 Å². The molecule has 0 amide bonds. The van der Waals surface area contributed by atoms with Gasteiger partial charge in [-0.3, -0.25) is 14.2 Å². The van der Waals surface area contributed by atoms with E-state index in [1.807, 2.05) is 73.0 Å². The normalized spacial score (nSPS) is 19.2. The van der Waals surface area contributed by atoms with Crippen molar-refractivity contribution in [2.45, 2.75) is 26.8 Å². The minimum absolute atomic E-state index is 0.0452. The summed E-state index contributed by atoms with van der Waals surface area (Å²) in [6.45, 7) is 6.81. The molecule has 2 heterocycles. The number of imidazole rings is 1. The fraction of sp³-hybridized carbons (Fsp3) is 0.276. The molecule has 1 aliphatic carbocycles. The number of nitrogens with zero attached hydrogens (tertiary/aromatic N) is 3. The first kappa shape index (κ1) is 27.5. The number of para-hydroxylation sites is 1. The van der Waals surface area contributed by atoms with Gasteiger partial charge in [0.15, 0.2) is 12.6 Å². The summed E-state index contributed by atoms with van der Waals surface area (Å²) in [5.41, 5.74) is 5.24. The van der Waals surface area contributed by atoms with E-state index < -0.39 is 6.04 Å². The van der Waals surface area contributed by atoms with Crippen LogP contribution >= 0.6 is 23.2 Å². The van der Waals surface area contributed by atoms with Gasteiger partial charge in [-0.15, -0.1) is 0 Å². The molecule has 7 nitrogen and oxygen atoms in total. The van der Waals surface area contributed by atoms with E-state index >= 15 is 0 Å². The maximum absolute atomic E-state index is 12.4. The molecule has 4 rings (SSSR count). The highest BCUT2D eigenvalue weighted by Crippen LogP contribution is 2.48. The Hall–Kier alpha value is -3.55. The number of fused-ring (bicyclic) bond motifs is 2. The quantitative estimate of drug-likeness (QED) is 0.231. The highest BCUT2D eigenvalue weighted by Gasteiger charge is 2.39. The molecule has 0 fully saturated rings. The van der Waals surface area contributed by atoms with Crippen LogP contribution in [-0.2, 0) is 4.79 Å². The lowest BCUT2D eigenvalue weighted by Crippen LogP contribution is -2.33. The largest absolute Gasteiger partial charge is 0.496 e. The lowest BCUT2D eigenvalue weighted by atomic mass is 9.80. The molecule has 2 aliphatic rings. The number of halogens is 2. The first-order valence-electron chi connectivity index (χ1n) is 12.3. The first-order valence-corrected chi connectivity index (χ1v) is 13.0. The SMILES string of the molecule is CCN(C)/C=C(\C=C(\Cl)C=O)NC1C2=CC=C(Cl)C(C)C2=C(C)n2c(-c3ccccc3OC)nc(C=O)c21. The van der Waals surface area contributed by atoms with Crippen molar-refractivity contribution in [1.82, 2.24) is 19.8 Å². The minimum atomic E-state index is -0.489. The molecule has 1 aliphatic heterocycles. The van der Waals surface area contributed by atoms with E-state index in [2.05, 4.69) is 12.2 Å². The van der Waals surface area contributed by atoms with Crippen LogP contribution in [0.3, 0.4) is 0 Å². The van der Waals surface area contributed by atoms with Crippen molar-refractivity contribution in [3.8, 4) is 17.1 Å². The zero-order valence-corrected chi connectivity index (χ0v) is 23.5. The number of carbonyl (C=O) groups is 2. The molecule has 1 N–H and O–H groups in total. The number of hydrogen-bond donors (Lipinski definition) is 1. The van der Waals surface area contributed by atoms with Crippen LogP contribution in [0.4, 0.5) is 0 Å². The summed E-state index contributed by atoms with van der Waals surface area (Å²) in [6.07, 6.45) is 8.65. The number of nitrogens with one attached hydrogen (secondary N) is 1. The zero-order chi connectivity index (χ0) is 27.6. The monoisotopic (exact) mass is 552 g/mol. The van der Waals surface area contributed by atoms with Crippen molar-refractivity contribution < 1.29 is 14.3 Å². The molecule has 9 heteroatoms. The molecule has 1 aromatic heterocycles.